The van der Waals surface area contributed by atoms with Gasteiger partial charge in [0.1, 0.15) is 5.75 Å². The molecule has 3 rings (SSSR count). The molecule has 0 atom stereocenters. The third kappa shape index (κ3) is 4.43. The van der Waals surface area contributed by atoms with Crippen LogP contribution in [0.15, 0.2) is 36.4 Å². The van der Waals surface area contributed by atoms with Gasteiger partial charge in [-0.15, -0.1) is 0 Å². The third-order valence-electron chi connectivity index (χ3n) is 3.93. The van der Waals surface area contributed by atoms with E-state index in [-0.39, 0.29) is 31.3 Å². The number of carbonyl (C=O) groups is 1. The Labute approximate surface area is 153 Å². The minimum Gasteiger partial charge on any atom is -0.507 e. The molecule has 9 heteroatoms. The van der Waals surface area contributed by atoms with Crippen LogP contribution in [0.5, 0.6) is 17.2 Å². The summed E-state index contributed by atoms with van der Waals surface area (Å²) in [6.45, 7) is 0.0893. The molecule has 0 saturated carbocycles. The first kappa shape index (κ1) is 18.8. The molecule has 0 unspecified atom stereocenters. The Hall–Kier alpha value is -2.94. The Bertz CT molecular complexity index is 855. The number of alkyl halides is 3. The van der Waals surface area contributed by atoms with Crippen molar-refractivity contribution in [2.45, 2.75) is 12.7 Å². The zero-order valence-electron chi connectivity index (χ0n) is 14.3. The number of aromatic hydroxyl groups is 1. The molecule has 0 aliphatic carbocycles. The molecule has 0 saturated heterocycles. The van der Waals surface area contributed by atoms with Crippen molar-refractivity contribution >= 4 is 11.6 Å². The molecule has 1 aliphatic rings. The molecule has 27 heavy (non-hydrogen) atoms. The summed E-state index contributed by atoms with van der Waals surface area (Å²) in [7, 11) is 1.61. The number of nitrogens with zero attached hydrogens (tertiary/aromatic N) is 1. The van der Waals surface area contributed by atoms with Gasteiger partial charge in [0.2, 0.25) is 12.7 Å². The lowest BCUT2D eigenvalue weighted by atomic mass is 10.1. The molecule has 0 radical (unpaired) electrons. The lowest BCUT2D eigenvalue weighted by Gasteiger charge is -2.18. The van der Waals surface area contributed by atoms with E-state index in [1.54, 1.807) is 18.0 Å². The third-order valence-corrected chi connectivity index (χ3v) is 3.93. The standard InChI is InChI=1S/C18H17F3N2O4/c1-23(8-11-6-15-16(7-14(11)24)27-10-26-15)9-17(25)22-13-5-3-2-4-12(13)18(19,20)21/h2-7,24H,8-10H2,1H3,(H,22,25). The monoisotopic (exact) mass is 382 g/mol. The number of carbonyl (C=O) groups excluding carboxylic acids is 1. The fourth-order valence-corrected chi connectivity index (χ4v) is 2.72. The van der Waals surface area contributed by atoms with Crippen molar-refractivity contribution in [1.29, 1.82) is 0 Å². The van der Waals surface area contributed by atoms with Gasteiger partial charge in [-0.25, -0.2) is 0 Å². The summed E-state index contributed by atoms with van der Waals surface area (Å²) in [5.41, 5.74) is -0.700. The smallest absolute Gasteiger partial charge is 0.418 e. The largest absolute Gasteiger partial charge is 0.507 e. The molecule has 0 aromatic heterocycles. The predicted octanol–water partition coefficient (Wildman–Crippen LogP) is 3.21. The highest BCUT2D eigenvalue weighted by Crippen LogP contribution is 2.38. The highest BCUT2D eigenvalue weighted by atomic mass is 19.4. The van der Waals surface area contributed by atoms with E-state index in [2.05, 4.69) is 5.32 Å². The maximum absolute atomic E-state index is 13.0. The van der Waals surface area contributed by atoms with Crippen LogP contribution in [0.25, 0.3) is 0 Å². The van der Waals surface area contributed by atoms with Gasteiger partial charge in [0, 0.05) is 18.2 Å². The van der Waals surface area contributed by atoms with Gasteiger partial charge < -0.3 is 19.9 Å². The second kappa shape index (κ2) is 7.36. The second-order valence-electron chi connectivity index (χ2n) is 6.10. The first-order chi connectivity index (χ1) is 12.7. The fourth-order valence-electron chi connectivity index (χ4n) is 2.72. The Morgan fingerprint density at radius 1 is 1.22 bits per heavy atom. The quantitative estimate of drug-likeness (QED) is 0.831. The first-order valence-corrected chi connectivity index (χ1v) is 8.00. The number of likely N-dealkylation sites (N-methyl/N-ethyl adjacent to an activating group) is 1. The van der Waals surface area contributed by atoms with Gasteiger partial charge in [-0.05, 0) is 25.2 Å². The number of fused-ring (bicyclic) bond motifs is 1. The van der Waals surface area contributed by atoms with Crippen molar-refractivity contribution in [2.24, 2.45) is 0 Å². The second-order valence-corrected chi connectivity index (χ2v) is 6.10. The number of benzene rings is 2. The zero-order chi connectivity index (χ0) is 19.6. The molecule has 2 aromatic carbocycles. The molecule has 0 bridgehead atoms. The highest BCUT2D eigenvalue weighted by Gasteiger charge is 2.33. The van der Waals surface area contributed by atoms with Crippen LogP contribution in [0, 0.1) is 0 Å². The first-order valence-electron chi connectivity index (χ1n) is 8.00. The summed E-state index contributed by atoms with van der Waals surface area (Å²) in [6.07, 6.45) is -4.56. The van der Waals surface area contributed by atoms with E-state index in [0.29, 0.717) is 17.1 Å². The van der Waals surface area contributed by atoms with E-state index in [1.807, 2.05) is 0 Å². The Balaban J connectivity index is 1.64. The van der Waals surface area contributed by atoms with Crippen molar-refractivity contribution in [1.82, 2.24) is 4.90 Å². The van der Waals surface area contributed by atoms with Crippen LogP contribution in [0.3, 0.4) is 0 Å². The minimum absolute atomic E-state index is 0.0195. The molecule has 1 heterocycles. The number of para-hydroxylation sites is 1. The Morgan fingerprint density at radius 2 is 1.89 bits per heavy atom. The lowest BCUT2D eigenvalue weighted by molar-refractivity contribution is -0.137. The number of phenols is 1. The van der Waals surface area contributed by atoms with Gasteiger partial charge >= 0.3 is 6.18 Å². The van der Waals surface area contributed by atoms with Crippen LogP contribution < -0.4 is 14.8 Å². The maximum Gasteiger partial charge on any atom is 0.418 e. The van der Waals surface area contributed by atoms with E-state index in [4.69, 9.17) is 9.47 Å². The van der Waals surface area contributed by atoms with Crippen molar-refractivity contribution < 1.29 is 32.5 Å². The number of hydrogen-bond donors (Lipinski definition) is 2. The van der Waals surface area contributed by atoms with Crippen molar-refractivity contribution in [3.05, 3.63) is 47.5 Å². The Kier molecular flexibility index (Phi) is 5.13. The van der Waals surface area contributed by atoms with Crippen LogP contribution in [0.1, 0.15) is 11.1 Å². The number of phenolic OH excluding ortho intramolecular Hbond substituents is 1. The average Bonchev–Trinajstić information content (AvgIpc) is 3.01. The number of anilines is 1. The SMILES string of the molecule is CN(CC(=O)Nc1ccccc1C(F)(F)F)Cc1cc2c(cc1O)OCO2. The molecule has 6 nitrogen and oxygen atoms in total. The summed E-state index contributed by atoms with van der Waals surface area (Å²) in [4.78, 5) is 13.7. The van der Waals surface area contributed by atoms with Gasteiger partial charge in [0.25, 0.3) is 0 Å². The summed E-state index contributed by atoms with van der Waals surface area (Å²) < 4.78 is 49.4. The van der Waals surface area contributed by atoms with Crippen LogP contribution >= 0.6 is 0 Å². The van der Waals surface area contributed by atoms with Gasteiger partial charge in [0.05, 0.1) is 17.8 Å². The average molecular weight is 382 g/mol. The van der Waals surface area contributed by atoms with E-state index in [9.17, 15) is 23.1 Å². The molecular formula is C18H17F3N2O4. The van der Waals surface area contributed by atoms with Crippen LogP contribution in [0.2, 0.25) is 0 Å². The Morgan fingerprint density at radius 3 is 2.59 bits per heavy atom. The van der Waals surface area contributed by atoms with Gasteiger partial charge in [0.15, 0.2) is 11.5 Å². The van der Waals surface area contributed by atoms with Gasteiger partial charge in [-0.1, -0.05) is 12.1 Å². The van der Waals surface area contributed by atoms with E-state index >= 15 is 0 Å². The molecule has 144 valence electrons. The van der Waals surface area contributed by atoms with Crippen molar-refractivity contribution in [3.63, 3.8) is 0 Å². The number of amides is 1. The van der Waals surface area contributed by atoms with Crippen molar-refractivity contribution in [3.8, 4) is 17.2 Å². The molecule has 1 amide bonds. The predicted molar refractivity (Wildman–Crippen MR) is 90.6 cm³/mol. The molecule has 2 N–H and O–H groups in total. The fraction of sp³-hybridized carbons (Fsp3) is 0.278. The number of halogens is 3. The molecule has 1 aliphatic heterocycles. The number of rotatable bonds is 5. The van der Waals surface area contributed by atoms with Gasteiger partial charge in [-0.2, -0.15) is 13.2 Å². The zero-order valence-corrected chi connectivity index (χ0v) is 14.3. The van der Waals surface area contributed by atoms with Gasteiger partial charge in [-0.3, -0.25) is 9.69 Å². The summed E-state index contributed by atoms with van der Waals surface area (Å²) in [6, 6.07) is 7.80. The normalized spacial score (nSPS) is 13.1. The number of ether oxygens (including phenoxy) is 2. The topological polar surface area (TPSA) is 71.0 Å². The maximum atomic E-state index is 13.0. The summed E-state index contributed by atoms with van der Waals surface area (Å²) >= 11 is 0. The number of nitrogens with one attached hydrogen (secondary N) is 1. The molecule has 0 fully saturated rings. The molecule has 0 spiro atoms. The minimum atomic E-state index is -4.56. The summed E-state index contributed by atoms with van der Waals surface area (Å²) in [5.74, 6) is 0.295. The van der Waals surface area contributed by atoms with E-state index in [1.165, 1.54) is 24.3 Å². The molecular weight excluding hydrogens is 365 g/mol. The van der Waals surface area contributed by atoms with Crippen LogP contribution in [-0.4, -0.2) is 36.3 Å². The number of hydrogen-bond acceptors (Lipinski definition) is 5. The lowest BCUT2D eigenvalue weighted by Crippen LogP contribution is -2.30. The van der Waals surface area contributed by atoms with E-state index in [0.717, 1.165) is 6.07 Å². The molecule has 2 aromatic rings. The highest BCUT2D eigenvalue weighted by molar-refractivity contribution is 5.93. The summed E-state index contributed by atoms with van der Waals surface area (Å²) in [5, 5.41) is 12.3. The van der Waals surface area contributed by atoms with Crippen LogP contribution in [0.4, 0.5) is 18.9 Å². The van der Waals surface area contributed by atoms with Crippen LogP contribution in [-0.2, 0) is 17.5 Å². The van der Waals surface area contributed by atoms with Crippen molar-refractivity contribution in [2.75, 3.05) is 25.7 Å². The van der Waals surface area contributed by atoms with E-state index < -0.39 is 17.6 Å².